The van der Waals surface area contributed by atoms with E-state index < -0.39 is 17.5 Å². The second-order valence-corrected chi connectivity index (χ2v) is 6.22. The van der Waals surface area contributed by atoms with Crippen LogP contribution in [0.15, 0.2) is 60.8 Å². The van der Waals surface area contributed by atoms with Gasteiger partial charge < -0.3 is 14.9 Å². The van der Waals surface area contributed by atoms with Crippen molar-refractivity contribution >= 4 is 11.9 Å². The standard InChI is InChI=1S/C21H19N3O5/c1-2-21(29-13-14-7-3-4-12-22-14,17-10-5-8-15(23-17)19(25)26)18-11-6-9-16(24-18)20(27)28/h3-12H,2,13H2,1H3,(H,25,26)(H,27,28). The molecule has 0 radical (unpaired) electrons. The first-order valence-electron chi connectivity index (χ1n) is 8.92. The zero-order valence-electron chi connectivity index (χ0n) is 15.6. The number of ether oxygens (including phenoxy) is 1. The normalized spacial score (nSPS) is 11.2. The molecule has 3 rings (SSSR count). The third-order valence-corrected chi connectivity index (χ3v) is 4.45. The molecule has 0 unspecified atom stereocenters. The molecule has 0 fully saturated rings. The zero-order chi connectivity index (χ0) is 20.9. The molecular formula is C21H19N3O5. The molecule has 0 aliphatic heterocycles. The topological polar surface area (TPSA) is 122 Å². The number of nitrogens with zero attached hydrogens (tertiary/aromatic N) is 3. The average Bonchev–Trinajstić information content (AvgIpc) is 2.75. The van der Waals surface area contributed by atoms with Gasteiger partial charge in [-0.05, 0) is 42.8 Å². The van der Waals surface area contributed by atoms with Crippen LogP contribution in [0.5, 0.6) is 0 Å². The van der Waals surface area contributed by atoms with Crippen molar-refractivity contribution in [3.05, 3.63) is 89.3 Å². The van der Waals surface area contributed by atoms with Crippen LogP contribution in [0.3, 0.4) is 0 Å². The lowest BCUT2D eigenvalue weighted by atomic mass is 9.90. The summed E-state index contributed by atoms with van der Waals surface area (Å²) in [6.07, 6.45) is 1.98. The van der Waals surface area contributed by atoms with Gasteiger partial charge in [0.15, 0.2) is 5.60 Å². The predicted molar refractivity (Wildman–Crippen MR) is 102 cm³/mol. The molecule has 3 aromatic rings. The second kappa shape index (κ2) is 8.57. The number of hydrogen-bond acceptors (Lipinski definition) is 6. The van der Waals surface area contributed by atoms with Crippen LogP contribution in [-0.4, -0.2) is 37.1 Å². The summed E-state index contributed by atoms with van der Waals surface area (Å²) in [4.78, 5) is 35.6. The molecule has 3 aromatic heterocycles. The van der Waals surface area contributed by atoms with E-state index in [4.69, 9.17) is 4.74 Å². The van der Waals surface area contributed by atoms with Crippen molar-refractivity contribution in [3.8, 4) is 0 Å². The molecule has 148 valence electrons. The zero-order valence-corrected chi connectivity index (χ0v) is 15.6. The molecule has 0 amide bonds. The Bertz CT molecular complexity index is 966. The molecule has 2 N–H and O–H groups in total. The highest BCUT2D eigenvalue weighted by molar-refractivity contribution is 5.85. The molecule has 0 saturated carbocycles. The summed E-state index contributed by atoms with van der Waals surface area (Å²) in [7, 11) is 0. The van der Waals surface area contributed by atoms with Gasteiger partial charge in [0.1, 0.15) is 11.4 Å². The van der Waals surface area contributed by atoms with Crippen molar-refractivity contribution < 1.29 is 24.5 Å². The molecule has 0 aliphatic rings. The number of aromatic carboxylic acids is 2. The number of hydrogen-bond donors (Lipinski definition) is 2. The van der Waals surface area contributed by atoms with Gasteiger partial charge in [-0.3, -0.25) is 4.98 Å². The van der Waals surface area contributed by atoms with Crippen LogP contribution in [0.2, 0.25) is 0 Å². The fourth-order valence-corrected chi connectivity index (χ4v) is 2.98. The summed E-state index contributed by atoms with van der Waals surface area (Å²) >= 11 is 0. The Morgan fingerprint density at radius 3 is 1.93 bits per heavy atom. The van der Waals surface area contributed by atoms with Crippen molar-refractivity contribution in [1.29, 1.82) is 0 Å². The molecule has 29 heavy (non-hydrogen) atoms. The minimum absolute atomic E-state index is 0.104. The Morgan fingerprint density at radius 1 is 0.897 bits per heavy atom. The quantitative estimate of drug-likeness (QED) is 0.598. The first kappa shape index (κ1) is 20.1. The van der Waals surface area contributed by atoms with E-state index in [0.717, 1.165) is 0 Å². The maximum Gasteiger partial charge on any atom is 0.354 e. The first-order chi connectivity index (χ1) is 14.0. The largest absolute Gasteiger partial charge is 0.477 e. The summed E-state index contributed by atoms with van der Waals surface area (Å²) in [5.74, 6) is -2.34. The van der Waals surface area contributed by atoms with Crippen molar-refractivity contribution in [3.63, 3.8) is 0 Å². The maximum absolute atomic E-state index is 11.4. The number of carbonyl (C=O) groups is 2. The van der Waals surface area contributed by atoms with E-state index in [0.29, 0.717) is 23.5 Å². The number of rotatable bonds is 8. The van der Waals surface area contributed by atoms with Gasteiger partial charge in [0.25, 0.3) is 0 Å². The van der Waals surface area contributed by atoms with E-state index in [1.807, 2.05) is 13.0 Å². The highest BCUT2D eigenvalue weighted by Crippen LogP contribution is 2.36. The molecule has 8 nitrogen and oxygen atoms in total. The summed E-state index contributed by atoms with van der Waals surface area (Å²) in [6, 6.07) is 14.6. The summed E-state index contributed by atoms with van der Waals surface area (Å²) in [5, 5.41) is 18.7. The van der Waals surface area contributed by atoms with Crippen LogP contribution in [0.1, 0.15) is 51.4 Å². The lowest BCUT2D eigenvalue weighted by molar-refractivity contribution is -0.0410. The van der Waals surface area contributed by atoms with Gasteiger partial charge in [-0.25, -0.2) is 19.6 Å². The van der Waals surface area contributed by atoms with Crippen LogP contribution >= 0.6 is 0 Å². The molecular weight excluding hydrogens is 374 g/mol. The minimum Gasteiger partial charge on any atom is -0.477 e. The van der Waals surface area contributed by atoms with Crippen LogP contribution < -0.4 is 0 Å². The monoisotopic (exact) mass is 393 g/mol. The van der Waals surface area contributed by atoms with E-state index in [9.17, 15) is 19.8 Å². The Balaban J connectivity index is 2.13. The van der Waals surface area contributed by atoms with E-state index in [1.165, 1.54) is 12.1 Å². The van der Waals surface area contributed by atoms with E-state index >= 15 is 0 Å². The van der Waals surface area contributed by atoms with E-state index in [-0.39, 0.29) is 18.0 Å². The van der Waals surface area contributed by atoms with Gasteiger partial charge in [0.05, 0.1) is 23.7 Å². The third-order valence-electron chi connectivity index (χ3n) is 4.45. The molecule has 0 atom stereocenters. The fraction of sp³-hybridized carbons (Fsp3) is 0.190. The van der Waals surface area contributed by atoms with Gasteiger partial charge in [-0.2, -0.15) is 0 Å². The second-order valence-electron chi connectivity index (χ2n) is 6.22. The Morgan fingerprint density at radius 2 is 1.48 bits per heavy atom. The van der Waals surface area contributed by atoms with E-state index in [2.05, 4.69) is 15.0 Å². The van der Waals surface area contributed by atoms with Gasteiger partial charge in [0, 0.05) is 6.20 Å². The molecule has 0 bridgehead atoms. The Labute approximate surface area is 166 Å². The van der Waals surface area contributed by atoms with Gasteiger partial charge in [-0.1, -0.05) is 25.1 Å². The number of aromatic nitrogens is 3. The number of carboxylic acid groups (broad SMARTS) is 2. The van der Waals surface area contributed by atoms with Crippen molar-refractivity contribution in [2.45, 2.75) is 25.6 Å². The maximum atomic E-state index is 11.4. The third kappa shape index (κ3) is 4.27. The first-order valence-corrected chi connectivity index (χ1v) is 8.92. The fourth-order valence-electron chi connectivity index (χ4n) is 2.98. The summed E-state index contributed by atoms with van der Waals surface area (Å²) in [6.45, 7) is 1.94. The minimum atomic E-state index is -1.26. The summed E-state index contributed by atoms with van der Waals surface area (Å²) < 4.78 is 6.23. The number of pyridine rings is 3. The lowest BCUT2D eigenvalue weighted by Gasteiger charge is -2.32. The molecule has 0 aliphatic carbocycles. The van der Waals surface area contributed by atoms with Crippen LogP contribution in [0.4, 0.5) is 0 Å². The number of carboxylic acids is 2. The Hall–Kier alpha value is -3.65. The molecule has 3 heterocycles. The average molecular weight is 393 g/mol. The van der Waals surface area contributed by atoms with E-state index in [1.54, 1.807) is 42.6 Å². The van der Waals surface area contributed by atoms with Gasteiger partial charge in [0.2, 0.25) is 0 Å². The van der Waals surface area contributed by atoms with Crippen LogP contribution in [0, 0.1) is 0 Å². The Kier molecular flexibility index (Phi) is 5.94. The van der Waals surface area contributed by atoms with Crippen molar-refractivity contribution in [1.82, 2.24) is 15.0 Å². The van der Waals surface area contributed by atoms with Gasteiger partial charge in [-0.15, -0.1) is 0 Å². The summed E-state index contributed by atoms with van der Waals surface area (Å²) in [5.41, 5.74) is -0.229. The SMILES string of the molecule is CCC(OCc1ccccn1)(c1cccc(C(=O)O)n1)c1cccc(C(=O)O)n1. The van der Waals surface area contributed by atoms with Crippen LogP contribution in [0.25, 0.3) is 0 Å². The highest BCUT2D eigenvalue weighted by Gasteiger charge is 2.38. The lowest BCUT2D eigenvalue weighted by Crippen LogP contribution is -2.34. The predicted octanol–water partition coefficient (Wildman–Crippen LogP) is 3.14. The molecule has 0 saturated heterocycles. The smallest absolute Gasteiger partial charge is 0.354 e. The van der Waals surface area contributed by atoms with Gasteiger partial charge >= 0.3 is 11.9 Å². The highest BCUT2D eigenvalue weighted by atomic mass is 16.5. The molecule has 8 heteroatoms. The van der Waals surface area contributed by atoms with Crippen molar-refractivity contribution in [2.24, 2.45) is 0 Å². The van der Waals surface area contributed by atoms with Crippen LogP contribution in [-0.2, 0) is 16.9 Å². The molecule has 0 aromatic carbocycles. The molecule has 0 spiro atoms. The van der Waals surface area contributed by atoms with Crippen molar-refractivity contribution in [2.75, 3.05) is 0 Å².